The normalized spacial score (nSPS) is 18.8. The third-order valence-corrected chi connectivity index (χ3v) is 6.93. The minimum absolute atomic E-state index is 0. The minimum Gasteiger partial charge on any atom is -0.362 e. The van der Waals surface area contributed by atoms with Crippen molar-refractivity contribution >= 4 is 34.0 Å². The molecule has 3 aromatic rings. The number of nitrogens with one attached hydrogen (secondary N) is 2. The van der Waals surface area contributed by atoms with Gasteiger partial charge in [-0.05, 0) is 56.4 Å². The Hall–Kier alpha value is -2.18. The van der Waals surface area contributed by atoms with Crippen LogP contribution in [0.2, 0.25) is 0 Å². The van der Waals surface area contributed by atoms with Gasteiger partial charge in [-0.1, -0.05) is 26.5 Å². The van der Waals surface area contributed by atoms with Crippen LogP contribution < -0.4 is 15.5 Å². The zero-order valence-electron chi connectivity index (χ0n) is 17.6. The number of para-hydroxylation sites is 1. The number of hydrogen-bond donors (Lipinski definition) is 2. The summed E-state index contributed by atoms with van der Waals surface area (Å²) < 4.78 is 0. The lowest BCUT2D eigenvalue weighted by atomic mass is 9.91. The molecular formula is C24H35N5S. The predicted molar refractivity (Wildman–Crippen MR) is 131 cm³/mol. The van der Waals surface area contributed by atoms with Gasteiger partial charge in [0.05, 0.1) is 5.52 Å². The third kappa shape index (κ3) is 5.29. The summed E-state index contributed by atoms with van der Waals surface area (Å²) in [5.41, 5.74) is 0.992. The monoisotopic (exact) mass is 425 g/mol. The molecule has 30 heavy (non-hydrogen) atoms. The molecule has 0 radical (unpaired) electrons. The molecule has 1 fully saturated rings. The highest BCUT2D eigenvalue weighted by atomic mass is 32.1. The smallest absolute Gasteiger partial charge is 0.225 e. The Morgan fingerprint density at radius 1 is 0.967 bits per heavy atom. The molecular weight excluding hydrogens is 390 g/mol. The van der Waals surface area contributed by atoms with Crippen molar-refractivity contribution in [1.82, 2.24) is 15.3 Å². The van der Waals surface area contributed by atoms with E-state index in [0.717, 1.165) is 48.5 Å². The number of nitrogens with zero attached hydrogens (tertiary/aromatic N) is 3. The van der Waals surface area contributed by atoms with Crippen LogP contribution >= 0.6 is 11.3 Å². The maximum Gasteiger partial charge on any atom is 0.225 e. The molecule has 0 bridgehead atoms. The Morgan fingerprint density at radius 2 is 1.67 bits per heavy atom. The Morgan fingerprint density at radius 3 is 2.37 bits per heavy atom. The van der Waals surface area contributed by atoms with Crippen LogP contribution in [0.25, 0.3) is 10.9 Å². The van der Waals surface area contributed by atoms with Crippen molar-refractivity contribution in [3.63, 3.8) is 0 Å². The van der Waals surface area contributed by atoms with Crippen LogP contribution in [0.4, 0.5) is 11.8 Å². The van der Waals surface area contributed by atoms with E-state index in [-0.39, 0.29) is 7.43 Å². The Balaban J connectivity index is 0.00000256. The quantitative estimate of drug-likeness (QED) is 0.526. The predicted octanol–water partition coefficient (Wildman–Crippen LogP) is 5.47. The van der Waals surface area contributed by atoms with Crippen LogP contribution in [0, 0.1) is 0 Å². The van der Waals surface area contributed by atoms with Crippen LogP contribution in [-0.2, 0) is 13.0 Å². The van der Waals surface area contributed by atoms with Gasteiger partial charge in [0, 0.05) is 47.9 Å². The molecule has 1 aliphatic carbocycles. The molecule has 6 heteroatoms. The summed E-state index contributed by atoms with van der Waals surface area (Å²) in [7, 11) is 4.07. The summed E-state index contributed by atoms with van der Waals surface area (Å²) in [5.74, 6) is 1.71. The molecule has 2 heterocycles. The minimum atomic E-state index is 0. The van der Waals surface area contributed by atoms with Gasteiger partial charge in [-0.15, -0.1) is 11.3 Å². The highest BCUT2D eigenvalue weighted by Crippen LogP contribution is 2.26. The second-order valence-electron chi connectivity index (χ2n) is 8.08. The fourth-order valence-electron chi connectivity index (χ4n) is 4.04. The Labute approximate surface area is 184 Å². The largest absolute Gasteiger partial charge is 0.362 e. The van der Waals surface area contributed by atoms with E-state index in [1.54, 1.807) is 0 Å². The van der Waals surface area contributed by atoms with E-state index < -0.39 is 0 Å². The highest BCUT2D eigenvalue weighted by Gasteiger charge is 2.22. The lowest BCUT2D eigenvalue weighted by molar-refractivity contribution is 0.353. The van der Waals surface area contributed by atoms with Gasteiger partial charge in [0.2, 0.25) is 5.95 Å². The lowest BCUT2D eigenvalue weighted by Gasteiger charge is -2.30. The Kier molecular flexibility index (Phi) is 7.67. The molecule has 0 amide bonds. The zero-order valence-corrected chi connectivity index (χ0v) is 18.4. The summed E-state index contributed by atoms with van der Waals surface area (Å²) >= 11 is 1.93. The number of aromatic nitrogens is 2. The average Bonchev–Trinajstić information content (AvgIpc) is 3.21. The molecule has 1 aromatic carbocycles. The van der Waals surface area contributed by atoms with E-state index in [1.165, 1.54) is 22.6 Å². The molecule has 0 atom stereocenters. The highest BCUT2D eigenvalue weighted by molar-refractivity contribution is 7.11. The van der Waals surface area contributed by atoms with Crippen molar-refractivity contribution < 1.29 is 0 Å². The van der Waals surface area contributed by atoms with Crippen molar-refractivity contribution in [2.24, 2.45) is 0 Å². The van der Waals surface area contributed by atoms with Crippen molar-refractivity contribution in [2.75, 3.05) is 24.3 Å². The van der Waals surface area contributed by atoms with Gasteiger partial charge >= 0.3 is 0 Å². The second-order valence-corrected chi connectivity index (χ2v) is 9.33. The standard InChI is InChI=1S/C23H31N5S.CH4/c1-4-18-13-14-19(29-18)15-24-16-9-11-17(12-10-16)25-23-26-21-8-6-5-7-20(21)22(27-23)28(2)3;/h5-8,13-14,16-17,24H,4,9-12,15H2,1-3H3,(H,25,26,27);1H4. The van der Waals surface area contributed by atoms with Crippen LogP contribution in [0.3, 0.4) is 0 Å². The fraction of sp³-hybridized carbons (Fsp3) is 0.500. The number of rotatable bonds is 7. The molecule has 2 aromatic heterocycles. The average molecular weight is 426 g/mol. The topological polar surface area (TPSA) is 53.1 Å². The zero-order chi connectivity index (χ0) is 20.2. The van der Waals surface area contributed by atoms with Gasteiger partial charge in [0.1, 0.15) is 5.82 Å². The molecule has 1 saturated carbocycles. The van der Waals surface area contributed by atoms with E-state index in [9.17, 15) is 0 Å². The van der Waals surface area contributed by atoms with E-state index >= 15 is 0 Å². The Bertz CT molecular complexity index is 944. The first-order valence-corrected chi connectivity index (χ1v) is 11.5. The first kappa shape index (κ1) is 22.5. The summed E-state index contributed by atoms with van der Waals surface area (Å²) in [6.45, 7) is 3.21. The van der Waals surface area contributed by atoms with Crippen LogP contribution in [0.1, 0.15) is 49.8 Å². The number of hydrogen-bond acceptors (Lipinski definition) is 6. The molecule has 0 saturated heterocycles. The van der Waals surface area contributed by atoms with Gasteiger partial charge in [0.15, 0.2) is 0 Å². The molecule has 2 N–H and O–H groups in total. The second kappa shape index (κ2) is 10.2. The van der Waals surface area contributed by atoms with E-state index in [2.05, 4.69) is 46.7 Å². The molecule has 4 rings (SSSR count). The summed E-state index contributed by atoms with van der Waals surface area (Å²) in [4.78, 5) is 14.5. The van der Waals surface area contributed by atoms with Gasteiger partial charge in [-0.25, -0.2) is 4.98 Å². The number of benzene rings is 1. The molecule has 1 aliphatic rings. The maximum absolute atomic E-state index is 4.79. The van der Waals surface area contributed by atoms with Gasteiger partial charge in [0.25, 0.3) is 0 Å². The van der Waals surface area contributed by atoms with Gasteiger partial charge in [-0.2, -0.15) is 4.98 Å². The summed E-state index contributed by atoms with van der Waals surface area (Å²) in [5, 5.41) is 8.44. The summed E-state index contributed by atoms with van der Waals surface area (Å²) in [6.07, 6.45) is 5.81. The van der Waals surface area contributed by atoms with Crippen molar-refractivity contribution in [1.29, 1.82) is 0 Å². The molecule has 5 nitrogen and oxygen atoms in total. The molecule has 0 unspecified atom stereocenters. The van der Waals surface area contributed by atoms with Crippen molar-refractivity contribution in [3.8, 4) is 0 Å². The SMILES string of the molecule is C.CCc1ccc(CNC2CCC(Nc3nc(N(C)C)c4ccccc4n3)CC2)s1. The van der Waals surface area contributed by atoms with E-state index in [0.29, 0.717) is 12.1 Å². The number of thiophene rings is 1. The van der Waals surface area contributed by atoms with Crippen LogP contribution in [0.5, 0.6) is 0 Å². The first-order valence-electron chi connectivity index (χ1n) is 10.6. The third-order valence-electron chi connectivity index (χ3n) is 5.70. The van der Waals surface area contributed by atoms with Gasteiger partial charge in [-0.3, -0.25) is 0 Å². The molecule has 0 aliphatic heterocycles. The fourth-order valence-corrected chi connectivity index (χ4v) is 4.95. The summed E-state index contributed by atoms with van der Waals surface area (Å²) in [6, 6.07) is 13.8. The van der Waals surface area contributed by atoms with E-state index in [4.69, 9.17) is 9.97 Å². The van der Waals surface area contributed by atoms with Crippen LogP contribution in [-0.4, -0.2) is 36.1 Å². The van der Waals surface area contributed by atoms with Crippen molar-refractivity contribution in [2.45, 2.75) is 65.1 Å². The molecule has 0 spiro atoms. The number of fused-ring (bicyclic) bond motifs is 1. The van der Waals surface area contributed by atoms with E-state index in [1.807, 2.05) is 37.6 Å². The number of aryl methyl sites for hydroxylation is 1. The van der Waals surface area contributed by atoms with Crippen LogP contribution in [0.15, 0.2) is 36.4 Å². The van der Waals surface area contributed by atoms with Gasteiger partial charge < -0.3 is 15.5 Å². The molecule has 162 valence electrons. The number of anilines is 2. The first-order chi connectivity index (χ1) is 14.1. The lowest BCUT2D eigenvalue weighted by Crippen LogP contribution is -2.36. The van der Waals surface area contributed by atoms with Crippen molar-refractivity contribution in [3.05, 3.63) is 46.2 Å². The maximum atomic E-state index is 4.79.